The highest BCUT2D eigenvalue weighted by Crippen LogP contribution is 2.41. The molecule has 1 aliphatic rings. The normalized spacial score (nSPS) is 17.9. The molecule has 0 unspecified atom stereocenters. The van der Waals surface area contributed by atoms with Crippen LogP contribution in [-0.4, -0.2) is 15.5 Å². The molecule has 0 spiro atoms. The highest BCUT2D eigenvalue weighted by molar-refractivity contribution is 7.10. The van der Waals surface area contributed by atoms with Gasteiger partial charge in [-0.2, -0.15) is 5.26 Å². The van der Waals surface area contributed by atoms with Gasteiger partial charge in [-0.3, -0.25) is 4.79 Å². The van der Waals surface area contributed by atoms with Gasteiger partial charge in [0, 0.05) is 11.5 Å². The third-order valence-electron chi connectivity index (χ3n) is 2.45. The van der Waals surface area contributed by atoms with E-state index in [0.717, 1.165) is 18.0 Å². The van der Waals surface area contributed by atoms with E-state index in [4.69, 9.17) is 5.26 Å². The largest absolute Gasteiger partial charge is 0.314 e. The van der Waals surface area contributed by atoms with Crippen molar-refractivity contribution in [2.45, 2.75) is 19.3 Å². The quantitative estimate of drug-likeness (QED) is 0.791. The van der Waals surface area contributed by atoms with E-state index < -0.39 is 5.41 Å². The van der Waals surface area contributed by atoms with Crippen molar-refractivity contribution >= 4 is 22.4 Å². The highest BCUT2D eigenvalue weighted by atomic mass is 32.1. The van der Waals surface area contributed by atoms with Crippen LogP contribution in [0.15, 0.2) is 6.20 Å². The molecule has 6 heteroatoms. The summed E-state index contributed by atoms with van der Waals surface area (Å²) >= 11 is 1.11. The summed E-state index contributed by atoms with van der Waals surface area (Å²) in [5.74, 6) is -0.225. The molecule has 0 aliphatic heterocycles. The van der Waals surface area contributed by atoms with Gasteiger partial charge in [-0.1, -0.05) is 4.49 Å². The molecule has 1 aliphatic carbocycles. The molecule has 0 radical (unpaired) electrons. The van der Waals surface area contributed by atoms with Gasteiger partial charge in [0.2, 0.25) is 5.91 Å². The number of nitrogens with zero attached hydrogens (tertiary/aromatic N) is 3. The van der Waals surface area contributed by atoms with Gasteiger partial charge in [0.25, 0.3) is 0 Å². The third kappa shape index (κ3) is 1.36. The summed E-state index contributed by atoms with van der Waals surface area (Å²) in [4.78, 5) is 11.7. The van der Waals surface area contributed by atoms with Crippen molar-refractivity contribution in [2.75, 3.05) is 5.32 Å². The lowest BCUT2D eigenvalue weighted by Gasteiger charge is -2.32. The Morgan fingerprint density at radius 2 is 2.50 bits per heavy atom. The molecular formula is C8H8N4OS. The first kappa shape index (κ1) is 9.09. The average molecular weight is 208 g/mol. The zero-order valence-electron chi connectivity index (χ0n) is 7.36. The Morgan fingerprint density at radius 1 is 1.71 bits per heavy atom. The van der Waals surface area contributed by atoms with Gasteiger partial charge in [-0.25, -0.2) is 0 Å². The van der Waals surface area contributed by atoms with Gasteiger partial charge in [0.05, 0.1) is 12.3 Å². The number of nitrogens with one attached hydrogen (secondary N) is 1. The van der Waals surface area contributed by atoms with Crippen molar-refractivity contribution < 1.29 is 4.79 Å². The Labute approximate surface area is 84.9 Å². The summed E-state index contributed by atoms with van der Waals surface area (Å²) in [5.41, 5.74) is -0.802. The van der Waals surface area contributed by atoms with Crippen molar-refractivity contribution in [3.8, 4) is 6.07 Å². The van der Waals surface area contributed by atoms with Crippen molar-refractivity contribution in [3.63, 3.8) is 0 Å². The number of aromatic nitrogens is 2. The number of rotatable bonds is 2. The zero-order chi connectivity index (χ0) is 10.0. The van der Waals surface area contributed by atoms with Gasteiger partial charge in [0.1, 0.15) is 10.4 Å². The van der Waals surface area contributed by atoms with Crippen LogP contribution in [0.4, 0.5) is 5.00 Å². The molecule has 1 fully saturated rings. The molecular weight excluding hydrogens is 200 g/mol. The van der Waals surface area contributed by atoms with E-state index in [-0.39, 0.29) is 5.91 Å². The monoisotopic (exact) mass is 208 g/mol. The second kappa shape index (κ2) is 3.35. The van der Waals surface area contributed by atoms with E-state index in [2.05, 4.69) is 21.0 Å². The van der Waals surface area contributed by atoms with Gasteiger partial charge in [-0.05, 0) is 19.3 Å². The van der Waals surface area contributed by atoms with Gasteiger partial charge >= 0.3 is 0 Å². The first-order chi connectivity index (χ1) is 6.77. The summed E-state index contributed by atoms with van der Waals surface area (Å²) < 4.78 is 3.62. The molecule has 72 valence electrons. The van der Waals surface area contributed by atoms with Gasteiger partial charge < -0.3 is 5.32 Å². The molecule has 1 amide bonds. The zero-order valence-corrected chi connectivity index (χ0v) is 8.17. The molecule has 0 bridgehead atoms. The molecule has 0 aromatic carbocycles. The fraction of sp³-hybridized carbons (Fsp3) is 0.500. The maximum Gasteiger partial charge on any atom is 0.245 e. The first-order valence-electron chi connectivity index (χ1n) is 4.27. The minimum atomic E-state index is -0.802. The molecule has 1 aromatic heterocycles. The molecule has 1 aromatic rings. The molecule has 1 N–H and O–H groups in total. The van der Waals surface area contributed by atoms with E-state index in [0.29, 0.717) is 17.8 Å². The van der Waals surface area contributed by atoms with Crippen LogP contribution in [0.2, 0.25) is 0 Å². The predicted octanol–water partition coefficient (Wildman–Crippen LogP) is 1.17. The van der Waals surface area contributed by atoms with Gasteiger partial charge in [0.15, 0.2) is 0 Å². The lowest BCUT2D eigenvalue weighted by Crippen LogP contribution is -2.40. The van der Waals surface area contributed by atoms with Gasteiger partial charge in [-0.15, -0.1) is 5.10 Å². The smallest absolute Gasteiger partial charge is 0.245 e. The summed E-state index contributed by atoms with van der Waals surface area (Å²) in [5, 5.41) is 15.7. The van der Waals surface area contributed by atoms with Crippen molar-refractivity contribution in [1.82, 2.24) is 9.59 Å². The Balaban J connectivity index is 2.06. The summed E-state index contributed by atoms with van der Waals surface area (Å²) in [6, 6.07) is 2.08. The number of nitriles is 1. The number of amides is 1. The minimum Gasteiger partial charge on any atom is -0.314 e. The standard InChI is InChI=1S/C8H8N4OS/c9-5-8(2-1-3-8)7(13)11-6-4-10-12-14-6/h4H,1-3H2,(H,11,13). The summed E-state index contributed by atoms with van der Waals surface area (Å²) in [7, 11) is 0. The molecule has 5 nitrogen and oxygen atoms in total. The molecule has 0 saturated heterocycles. The number of carbonyl (C=O) groups excluding carboxylic acids is 1. The van der Waals surface area contributed by atoms with Crippen molar-refractivity contribution in [3.05, 3.63) is 6.20 Å². The molecule has 14 heavy (non-hydrogen) atoms. The first-order valence-corrected chi connectivity index (χ1v) is 5.04. The molecule has 1 saturated carbocycles. The van der Waals surface area contributed by atoms with E-state index in [1.165, 1.54) is 6.20 Å². The van der Waals surface area contributed by atoms with Crippen LogP contribution >= 0.6 is 11.5 Å². The van der Waals surface area contributed by atoms with Crippen LogP contribution in [0.1, 0.15) is 19.3 Å². The minimum absolute atomic E-state index is 0.225. The number of anilines is 1. The van der Waals surface area contributed by atoms with Crippen LogP contribution in [0.3, 0.4) is 0 Å². The van der Waals surface area contributed by atoms with Crippen LogP contribution in [0, 0.1) is 16.7 Å². The van der Waals surface area contributed by atoms with E-state index >= 15 is 0 Å². The number of hydrogen-bond acceptors (Lipinski definition) is 5. The summed E-state index contributed by atoms with van der Waals surface area (Å²) in [6.45, 7) is 0. The maximum atomic E-state index is 11.7. The molecule has 1 heterocycles. The number of hydrogen-bond donors (Lipinski definition) is 1. The maximum absolute atomic E-state index is 11.7. The Hall–Kier alpha value is -1.48. The van der Waals surface area contributed by atoms with Crippen LogP contribution < -0.4 is 5.32 Å². The van der Waals surface area contributed by atoms with Crippen molar-refractivity contribution in [2.24, 2.45) is 5.41 Å². The van der Waals surface area contributed by atoms with E-state index in [9.17, 15) is 4.79 Å². The fourth-order valence-corrected chi connectivity index (χ4v) is 1.79. The fourth-order valence-electron chi connectivity index (χ4n) is 1.37. The van der Waals surface area contributed by atoms with E-state index in [1.54, 1.807) is 0 Å². The highest BCUT2D eigenvalue weighted by Gasteiger charge is 2.44. The number of carbonyl (C=O) groups is 1. The Kier molecular flexibility index (Phi) is 2.17. The second-order valence-corrected chi connectivity index (χ2v) is 4.07. The molecule has 0 atom stereocenters. The topological polar surface area (TPSA) is 78.7 Å². The Morgan fingerprint density at radius 3 is 2.93 bits per heavy atom. The SMILES string of the molecule is N#CC1(C(=O)Nc2cnns2)CCC1. The predicted molar refractivity (Wildman–Crippen MR) is 50.4 cm³/mol. The molecule has 2 rings (SSSR count). The van der Waals surface area contributed by atoms with Crippen molar-refractivity contribution in [1.29, 1.82) is 5.26 Å². The van der Waals surface area contributed by atoms with Crippen LogP contribution in [0.5, 0.6) is 0 Å². The Bertz CT molecular complexity index is 377. The lowest BCUT2D eigenvalue weighted by molar-refractivity contribution is -0.126. The van der Waals surface area contributed by atoms with E-state index in [1.807, 2.05) is 0 Å². The lowest BCUT2D eigenvalue weighted by atomic mass is 9.69. The van der Waals surface area contributed by atoms with Crippen LogP contribution in [0.25, 0.3) is 0 Å². The van der Waals surface area contributed by atoms with Crippen LogP contribution in [-0.2, 0) is 4.79 Å². The average Bonchev–Trinajstić information content (AvgIpc) is 2.55. The summed E-state index contributed by atoms with van der Waals surface area (Å²) in [6.07, 6.45) is 3.73. The third-order valence-corrected chi connectivity index (χ3v) is 3.03. The second-order valence-electron chi connectivity index (χ2n) is 3.28.